The van der Waals surface area contributed by atoms with Crippen LogP contribution in [0.4, 0.5) is 5.82 Å². The molecule has 0 aliphatic rings. The number of hydrogen-bond acceptors (Lipinski definition) is 4. The number of aromatic carboxylic acids is 1. The van der Waals surface area contributed by atoms with Crippen LogP contribution in [0.5, 0.6) is 0 Å². The van der Waals surface area contributed by atoms with Gasteiger partial charge in [0.25, 0.3) is 5.91 Å². The van der Waals surface area contributed by atoms with E-state index in [4.69, 9.17) is 5.11 Å². The molecule has 2 heterocycles. The zero-order valence-corrected chi connectivity index (χ0v) is 10.4. The van der Waals surface area contributed by atoms with Gasteiger partial charge >= 0.3 is 5.97 Å². The van der Waals surface area contributed by atoms with Crippen LogP contribution in [0, 0.1) is 6.92 Å². The van der Waals surface area contributed by atoms with Crippen molar-refractivity contribution in [3.05, 3.63) is 41.3 Å². The highest BCUT2D eigenvalue weighted by Crippen LogP contribution is 2.11. The van der Waals surface area contributed by atoms with Gasteiger partial charge in [0.05, 0.1) is 6.20 Å². The molecule has 0 radical (unpaired) electrons. The van der Waals surface area contributed by atoms with E-state index in [2.05, 4.69) is 15.4 Å². The van der Waals surface area contributed by atoms with E-state index in [9.17, 15) is 9.59 Å². The predicted octanol–water partition coefficient (Wildman–Crippen LogP) is 1.07. The van der Waals surface area contributed by atoms with E-state index in [1.807, 2.05) is 6.92 Å². The normalized spacial score (nSPS) is 10.2. The molecular formula is C12H12N4O3. The third kappa shape index (κ3) is 2.59. The Morgan fingerprint density at radius 3 is 2.79 bits per heavy atom. The van der Waals surface area contributed by atoms with Crippen molar-refractivity contribution in [2.24, 2.45) is 7.05 Å². The molecule has 98 valence electrons. The minimum atomic E-state index is -1.20. The number of amides is 1. The number of aromatic nitrogens is 3. The van der Waals surface area contributed by atoms with Crippen molar-refractivity contribution in [2.75, 3.05) is 5.32 Å². The molecule has 0 spiro atoms. The maximum Gasteiger partial charge on any atom is 0.339 e. The van der Waals surface area contributed by atoms with E-state index in [1.54, 1.807) is 18.3 Å². The molecule has 0 unspecified atom stereocenters. The van der Waals surface area contributed by atoms with Crippen molar-refractivity contribution in [3.63, 3.8) is 0 Å². The van der Waals surface area contributed by atoms with Gasteiger partial charge in [0, 0.05) is 13.2 Å². The van der Waals surface area contributed by atoms with Crippen LogP contribution in [0.25, 0.3) is 0 Å². The summed E-state index contributed by atoms with van der Waals surface area (Å²) in [5.74, 6) is -1.39. The van der Waals surface area contributed by atoms with Crippen LogP contribution in [0.2, 0.25) is 0 Å². The number of nitrogens with one attached hydrogen (secondary N) is 1. The van der Waals surface area contributed by atoms with Gasteiger partial charge in [-0.15, -0.1) is 0 Å². The molecule has 1 amide bonds. The lowest BCUT2D eigenvalue weighted by Crippen LogP contribution is -2.20. The van der Waals surface area contributed by atoms with Gasteiger partial charge in [0.1, 0.15) is 17.1 Å². The van der Waals surface area contributed by atoms with Crippen molar-refractivity contribution in [2.45, 2.75) is 6.92 Å². The van der Waals surface area contributed by atoms with Crippen molar-refractivity contribution in [1.82, 2.24) is 14.8 Å². The molecular weight excluding hydrogens is 248 g/mol. The van der Waals surface area contributed by atoms with E-state index >= 15 is 0 Å². The Morgan fingerprint density at radius 2 is 2.16 bits per heavy atom. The highest BCUT2D eigenvalue weighted by atomic mass is 16.4. The minimum absolute atomic E-state index is 0.0178. The van der Waals surface area contributed by atoms with E-state index < -0.39 is 11.9 Å². The molecule has 2 aromatic heterocycles. The van der Waals surface area contributed by atoms with Crippen LogP contribution >= 0.6 is 0 Å². The Bertz CT molecular complexity index is 648. The summed E-state index contributed by atoms with van der Waals surface area (Å²) in [5, 5.41) is 15.3. The highest BCUT2D eigenvalue weighted by Gasteiger charge is 2.21. The van der Waals surface area contributed by atoms with Crippen LogP contribution in [-0.2, 0) is 7.05 Å². The lowest BCUT2D eigenvalue weighted by molar-refractivity contribution is 0.0692. The molecule has 0 saturated heterocycles. The number of carbonyl (C=O) groups excluding carboxylic acids is 1. The Morgan fingerprint density at radius 1 is 1.42 bits per heavy atom. The van der Waals surface area contributed by atoms with Gasteiger partial charge in [-0.1, -0.05) is 0 Å². The first-order chi connectivity index (χ1) is 8.99. The lowest BCUT2D eigenvalue weighted by Gasteiger charge is -2.06. The average Bonchev–Trinajstić information content (AvgIpc) is 2.71. The minimum Gasteiger partial charge on any atom is -0.478 e. The Labute approximate surface area is 108 Å². The Hall–Kier alpha value is -2.70. The summed E-state index contributed by atoms with van der Waals surface area (Å²) in [6.45, 7) is 1.87. The van der Waals surface area contributed by atoms with Crippen LogP contribution in [-0.4, -0.2) is 31.7 Å². The van der Waals surface area contributed by atoms with Crippen molar-refractivity contribution in [3.8, 4) is 0 Å². The van der Waals surface area contributed by atoms with E-state index in [0.29, 0.717) is 5.82 Å². The second-order valence-corrected chi connectivity index (χ2v) is 4.01. The van der Waals surface area contributed by atoms with Crippen LogP contribution in [0.15, 0.2) is 24.5 Å². The summed E-state index contributed by atoms with van der Waals surface area (Å²) < 4.78 is 1.22. The first kappa shape index (κ1) is 12.7. The zero-order chi connectivity index (χ0) is 14.0. The van der Waals surface area contributed by atoms with Crippen molar-refractivity contribution < 1.29 is 14.7 Å². The second kappa shape index (κ2) is 4.89. The summed E-state index contributed by atoms with van der Waals surface area (Å²) in [4.78, 5) is 27.0. The number of aryl methyl sites for hydroxylation is 2. The van der Waals surface area contributed by atoms with Gasteiger partial charge in [0.15, 0.2) is 0 Å². The molecule has 2 rings (SSSR count). The van der Waals surface area contributed by atoms with Gasteiger partial charge in [-0.3, -0.25) is 9.48 Å². The number of pyridine rings is 1. The molecule has 2 N–H and O–H groups in total. The van der Waals surface area contributed by atoms with Gasteiger partial charge in [-0.05, 0) is 24.6 Å². The summed E-state index contributed by atoms with van der Waals surface area (Å²) >= 11 is 0. The summed E-state index contributed by atoms with van der Waals surface area (Å²) in [5.41, 5.74) is 0.775. The first-order valence-electron chi connectivity index (χ1n) is 5.48. The maximum absolute atomic E-state index is 12.1. The van der Waals surface area contributed by atoms with E-state index in [0.717, 1.165) is 11.8 Å². The maximum atomic E-state index is 12.1. The molecule has 0 bridgehead atoms. The fraction of sp³-hybridized carbons (Fsp3) is 0.167. The lowest BCUT2D eigenvalue weighted by atomic mass is 10.2. The van der Waals surface area contributed by atoms with Crippen LogP contribution in [0.3, 0.4) is 0 Å². The number of carboxylic acids is 1. The van der Waals surface area contributed by atoms with Gasteiger partial charge in [0.2, 0.25) is 0 Å². The number of carbonyl (C=O) groups is 2. The average molecular weight is 260 g/mol. The monoisotopic (exact) mass is 260 g/mol. The summed E-state index contributed by atoms with van der Waals surface area (Å²) in [6, 6.07) is 3.48. The number of hydrogen-bond donors (Lipinski definition) is 2. The Kier molecular flexibility index (Phi) is 3.28. The number of rotatable bonds is 3. The molecule has 0 saturated carbocycles. The quantitative estimate of drug-likeness (QED) is 0.860. The molecule has 0 fully saturated rings. The smallest absolute Gasteiger partial charge is 0.339 e. The van der Waals surface area contributed by atoms with Gasteiger partial charge in [-0.2, -0.15) is 5.10 Å². The third-order valence-electron chi connectivity index (χ3n) is 2.54. The predicted molar refractivity (Wildman–Crippen MR) is 67.1 cm³/mol. The van der Waals surface area contributed by atoms with Crippen LogP contribution < -0.4 is 5.32 Å². The second-order valence-electron chi connectivity index (χ2n) is 4.01. The summed E-state index contributed by atoms with van der Waals surface area (Å²) in [7, 11) is 1.50. The van der Waals surface area contributed by atoms with Crippen molar-refractivity contribution >= 4 is 17.7 Å². The number of anilines is 1. The third-order valence-corrected chi connectivity index (χ3v) is 2.54. The molecule has 0 aromatic carbocycles. The molecule has 0 aliphatic carbocycles. The number of nitrogens with zero attached hydrogens (tertiary/aromatic N) is 3. The van der Waals surface area contributed by atoms with E-state index in [1.165, 1.54) is 11.7 Å². The van der Waals surface area contributed by atoms with Gasteiger partial charge in [-0.25, -0.2) is 9.78 Å². The number of carboxylic acid groups (broad SMARTS) is 1. The Balaban J connectivity index is 2.30. The van der Waals surface area contributed by atoms with E-state index in [-0.39, 0.29) is 11.3 Å². The van der Waals surface area contributed by atoms with Crippen molar-refractivity contribution in [1.29, 1.82) is 0 Å². The highest BCUT2D eigenvalue weighted by molar-refractivity contribution is 6.09. The molecule has 0 aliphatic heterocycles. The largest absolute Gasteiger partial charge is 0.478 e. The van der Waals surface area contributed by atoms with Crippen LogP contribution in [0.1, 0.15) is 26.4 Å². The first-order valence-corrected chi connectivity index (χ1v) is 5.48. The fourth-order valence-electron chi connectivity index (χ4n) is 1.64. The SMILES string of the molecule is Cc1ccnc(NC(=O)c2c(C(=O)O)cnn2C)c1. The molecule has 7 nitrogen and oxygen atoms in total. The molecule has 0 atom stereocenters. The fourth-order valence-corrected chi connectivity index (χ4v) is 1.64. The molecule has 7 heteroatoms. The van der Waals surface area contributed by atoms with Gasteiger partial charge < -0.3 is 10.4 Å². The molecule has 19 heavy (non-hydrogen) atoms. The standard InChI is InChI=1S/C12H12N4O3/c1-7-3-4-13-9(5-7)15-11(17)10-8(12(18)19)6-14-16(10)2/h3-6H,1-2H3,(H,18,19)(H,13,15,17). The topological polar surface area (TPSA) is 97.1 Å². The molecule has 2 aromatic rings. The zero-order valence-electron chi connectivity index (χ0n) is 10.4. The summed E-state index contributed by atoms with van der Waals surface area (Å²) in [6.07, 6.45) is 2.70.